The van der Waals surface area contributed by atoms with E-state index in [4.69, 9.17) is 9.97 Å². The average Bonchev–Trinajstić information content (AvgIpc) is 3.29. The Bertz CT molecular complexity index is 1640. The van der Waals surface area contributed by atoms with Crippen molar-refractivity contribution in [3.63, 3.8) is 0 Å². The molecule has 0 saturated carbocycles. The summed E-state index contributed by atoms with van der Waals surface area (Å²) in [5, 5.41) is 14.4. The molecule has 3 aromatic heterocycles. The Morgan fingerprint density at radius 2 is 1.79 bits per heavy atom. The first kappa shape index (κ1) is 28.1. The lowest BCUT2D eigenvalue weighted by atomic mass is 10.0. The maximum atomic E-state index is 13.7. The minimum atomic E-state index is -1.13. The molecule has 4 heterocycles. The van der Waals surface area contributed by atoms with Crippen LogP contribution in [0.15, 0.2) is 65.6 Å². The largest absolute Gasteiger partial charge is 0.384 e. The number of aliphatic hydroxyl groups is 1. The van der Waals surface area contributed by atoms with Crippen molar-refractivity contribution in [3.8, 4) is 5.82 Å². The zero-order chi connectivity index (χ0) is 29.4. The molecular formula is C32H40N8O2. The van der Waals surface area contributed by atoms with E-state index < -0.39 is 5.60 Å². The SMILES string of the molecule is CN(C)C1CCN(c2ccc(Nc3ncc4c(=O)n(C5C=CCCC5)n(-c5cccc(C(C)(C)O)n5)c4n3)cc2)CC1. The van der Waals surface area contributed by atoms with E-state index in [0.717, 1.165) is 50.9 Å². The third-order valence-electron chi connectivity index (χ3n) is 8.43. The molecule has 0 amide bonds. The summed E-state index contributed by atoms with van der Waals surface area (Å²) in [6.07, 6.45) is 10.9. The molecule has 0 bridgehead atoms. The molecule has 1 atom stereocenters. The molecule has 0 radical (unpaired) electrons. The van der Waals surface area contributed by atoms with E-state index in [1.165, 1.54) is 5.69 Å². The standard InChI is InChI=1S/C32H40N8O2/c1-32(2,42)27-11-8-12-28(35-27)40-29-26(30(41)39(40)25-9-6-5-7-10-25)21-33-31(36-29)34-22-13-15-24(16-14-22)38-19-17-23(18-20-38)37(3)4/h6,8-9,11-16,21,23,25,42H,5,7,10,17-20H2,1-4H3,(H,33,34,36). The van der Waals surface area contributed by atoms with Gasteiger partial charge in [-0.25, -0.2) is 19.3 Å². The van der Waals surface area contributed by atoms with Crippen molar-refractivity contribution in [1.82, 2.24) is 29.2 Å². The summed E-state index contributed by atoms with van der Waals surface area (Å²) in [7, 11) is 4.32. The fourth-order valence-corrected chi connectivity index (χ4v) is 5.98. The van der Waals surface area contributed by atoms with Crippen LogP contribution in [0.3, 0.4) is 0 Å². The van der Waals surface area contributed by atoms with Gasteiger partial charge in [-0.3, -0.25) is 4.79 Å². The second kappa shape index (κ2) is 11.3. The van der Waals surface area contributed by atoms with E-state index in [-0.39, 0.29) is 11.6 Å². The van der Waals surface area contributed by atoms with E-state index in [2.05, 4.69) is 58.5 Å². The molecule has 0 spiro atoms. The summed E-state index contributed by atoms with van der Waals surface area (Å²) in [5.74, 6) is 0.915. The number of aromatic nitrogens is 5. The number of fused-ring (bicyclic) bond motifs is 1. The Hall–Kier alpha value is -4.02. The van der Waals surface area contributed by atoms with Gasteiger partial charge >= 0.3 is 0 Å². The molecule has 42 heavy (non-hydrogen) atoms. The van der Waals surface area contributed by atoms with E-state index in [1.807, 2.05) is 24.3 Å². The van der Waals surface area contributed by atoms with Crippen molar-refractivity contribution in [3.05, 3.63) is 76.9 Å². The molecule has 4 aromatic rings. The highest BCUT2D eigenvalue weighted by molar-refractivity contribution is 5.77. The highest BCUT2D eigenvalue weighted by Crippen LogP contribution is 2.28. The van der Waals surface area contributed by atoms with Gasteiger partial charge in [-0.15, -0.1) is 0 Å². The van der Waals surface area contributed by atoms with E-state index >= 15 is 0 Å². The van der Waals surface area contributed by atoms with Gasteiger partial charge < -0.3 is 20.2 Å². The zero-order valence-electron chi connectivity index (χ0n) is 24.9. The van der Waals surface area contributed by atoms with E-state index in [0.29, 0.717) is 34.5 Å². The van der Waals surface area contributed by atoms with Crippen molar-refractivity contribution in [2.24, 2.45) is 0 Å². The number of nitrogens with zero attached hydrogens (tertiary/aromatic N) is 7. The van der Waals surface area contributed by atoms with Gasteiger partial charge in [0, 0.05) is 36.7 Å². The lowest BCUT2D eigenvalue weighted by Gasteiger charge is -2.36. The molecule has 1 saturated heterocycles. The third-order valence-corrected chi connectivity index (χ3v) is 8.43. The molecule has 1 fully saturated rings. The summed E-state index contributed by atoms with van der Waals surface area (Å²) < 4.78 is 3.50. The molecule has 1 aliphatic heterocycles. The predicted molar refractivity (Wildman–Crippen MR) is 167 cm³/mol. The van der Waals surface area contributed by atoms with Gasteiger partial charge in [-0.2, -0.15) is 4.98 Å². The molecule has 2 aliphatic rings. The van der Waals surface area contributed by atoms with Gasteiger partial charge in [-0.05, 0) is 96.4 Å². The van der Waals surface area contributed by atoms with Crippen LogP contribution >= 0.6 is 0 Å². The lowest BCUT2D eigenvalue weighted by molar-refractivity contribution is 0.0738. The summed E-state index contributed by atoms with van der Waals surface area (Å²) >= 11 is 0. The molecular weight excluding hydrogens is 528 g/mol. The monoisotopic (exact) mass is 568 g/mol. The first-order valence-electron chi connectivity index (χ1n) is 14.8. The number of hydrogen-bond acceptors (Lipinski definition) is 8. The quantitative estimate of drug-likeness (QED) is 0.308. The topological polar surface area (TPSA) is 104 Å². The third kappa shape index (κ3) is 5.56. The van der Waals surface area contributed by atoms with Gasteiger partial charge in [0.05, 0.1) is 11.7 Å². The lowest BCUT2D eigenvalue weighted by Crippen LogP contribution is -2.41. The Morgan fingerprint density at radius 1 is 1.02 bits per heavy atom. The number of pyridine rings is 1. The number of benzene rings is 1. The molecule has 1 aliphatic carbocycles. The highest BCUT2D eigenvalue weighted by Gasteiger charge is 2.26. The minimum absolute atomic E-state index is 0.125. The van der Waals surface area contributed by atoms with Crippen molar-refractivity contribution in [2.45, 2.75) is 63.6 Å². The highest BCUT2D eigenvalue weighted by atomic mass is 16.3. The summed E-state index contributed by atoms with van der Waals surface area (Å²) in [6.45, 7) is 5.49. The Balaban J connectivity index is 1.34. The average molecular weight is 569 g/mol. The minimum Gasteiger partial charge on any atom is -0.384 e. The van der Waals surface area contributed by atoms with Crippen LogP contribution in [-0.2, 0) is 5.60 Å². The van der Waals surface area contributed by atoms with Crippen LogP contribution in [0.4, 0.5) is 17.3 Å². The molecule has 6 rings (SSSR count). The Kier molecular flexibility index (Phi) is 7.59. The van der Waals surface area contributed by atoms with E-state index in [9.17, 15) is 9.90 Å². The van der Waals surface area contributed by atoms with Crippen LogP contribution in [0.5, 0.6) is 0 Å². The van der Waals surface area contributed by atoms with Crippen LogP contribution in [0, 0.1) is 0 Å². The second-order valence-electron chi connectivity index (χ2n) is 12.1. The van der Waals surface area contributed by atoms with Gasteiger partial charge in [0.1, 0.15) is 11.0 Å². The van der Waals surface area contributed by atoms with Crippen molar-refractivity contribution in [1.29, 1.82) is 0 Å². The number of piperidine rings is 1. The number of anilines is 3. The fraction of sp³-hybridized carbons (Fsp3) is 0.438. The number of hydrogen-bond donors (Lipinski definition) is 2. The molecule has 1 aromatic carbocycles. The summed E-state index contributed by atoms with van der Waals surface area (Å²) in [5.41, 5.74) is 1.76. The molecule has 220 valence electrons. The van der Waals surface area contributed by atoms with Gasteiger partial charge in [0.15, 0.2) is 11.5 Å². The second-order valence-corrected chi connectivity index (χ2v) is 12.1. The number of allylic oxidation sites excluding steroid dienone is 2. The van der Waals surface area contributed by atoms with Crippen molar-refractivity contribution in [2.75, 3.05) is 37.4 Å². The zero-order valence-corrected chi connectivity index (χ0v) is 24.9. The fourth-order valence-electron chi connectivity index (χ4n) is 5.98. The molecule has 10 nitrogen and oxygen atoms in total. The van der Waals surface area contributed by atoms with Crippen LogP contribution in [0.1, 0.15) is 57.7 Å². The van der Waals surface area contributed by atoms with Crippen LogP contribution in [0.2, 0.25) is 0 Å². The Morgan fingerprint density at radius 3 is 2.45 bits per heavy atom. The molecule has 10 heteroatoms. The first-order chi connectivity index (χ1) is 20.2. The summed E-state index contributed by atoms with van der Waals surface area (Å²) in [4.78, 5) is 32.6. The Labute approximate surface area is 246 Å². The van der Waals surface area contributed by atoms with Crippen LogP contribution in [-0.4, -0.2) is 67.5 Å². The normalized spacial score (nSPS) is 18.2. The maximum absolute atomic E-state index is 13.7. The maximum Gasteiger partial charge on any atom is 0.278 e. The van der Waals surface area contributed by atoms with Gasteiger partial charge in [-0.1, -0.05) is 18.2 Å². The van der Waals surface area contributed by atoms with Crippen molar-refractivity contribution < 1.29 is 5.11 Å². The van der Waals surface area contributed by atoms with Crippen LogP contribution in [0.25, 0.3) is 16.9 Å². The smallest absolute Gasteiger partial charge is 0.278 e. The molecule has 2 N–H and O–H groups in total. The number of rotatable bonds is 7. The van der Waals surface area contributed by atoms with E-state index in [1.54, 1.807) is 35.5 Å². The van der Waals surface area contributed by atoms with Crippen LogP contribution < -0.4 is 15.8 Å². The predicted octanol–water partition coefficient (Wildman–Crippen LogP) is 4.76. The van der Waals surface area contributed by atoms with Gasteiger partial charge in [0.25, 0.3) is 5.56 Å². The first-order valence-corrected chi connectivity index (χ1v) is 14.8. The number of nitrogens with one attached hydrogen (secondary N) is 1. The van der Waals surface area contributed by atoms with Gasteiger partial charge in [0.2, 0.25) is 5.95 Å². The molecule has 1 unspecified atom stereocenters. The van der Waals surface area contributed by atoms with Crippen molar-refractivity contribution >= 4 is 28.4 Å². The summed E-state index contributed by atoms with van der Waals surface area (Å²) in [6, 6.07) is 14.3.